The van der Waals surface area contributed by atoms with Crippen molar-refractivity contribution in [1.29, 1.82) is 0 Å². The molecule has 206 valence electrons. The van der Waals surface area contributed by atoms with Crippen LogP contribution < -0.4 is 0 Å². The Morgan fingerprint density at radius 3 is 1.43 bits per heavy atom. The highest BCUT2D eigenvalue weighted by atomic mass is 14.9. The van der Waals surface area contributed by atoms with Crippen LogP contribution in [0.1, 0.15) is 0 Å². The molecule has 0 aliphatic heterocycles. The summed E-state index contributed by atoms with van der Waals surface area (Å²) in [6, 6.07) is 53.0. The Balaban J connectivity index is 1.34. The minimum Gasteiger partial charge on any atom is -0.264 e. The first-order chi connectivity index (χ1) is 21.8. The molecular formula is C41H27N3. The second-order valence-corrected chi connectivity index (χ2v) is 10.8. The van der Waals surface area contributed by atoms with E-state index in [1.165, 1.54) is 32.8 Å². The van der Waals surface area contributed by atoms with Gasteiger partial charge in [0.15, 0.2) is 5.82 Å². The molecule has 8 aromatic rings. The monoisotopic (exact) mass is 561 g/mol. The molecule has 0 aliphatic carbocycles. The third-order valence-electron chi connectivity index (χ3n) is 8.21. The molecule has 0 N–H and O–H groups in total. The zero-order valence-electron chi connectivity index (χ0n) is 23.9. The van der Waals surface area contributed by atoms with Gasteiger partial charge in [-0.1, -0.05) is 140 Å². The van der Waals surface area contributed by atoms with Gasteiger partial charge in [0.1, 0.15) is 0 Å². The van der Waals surface area contributed by atoms with Crippen LogP contribution >= 0.6 is 0 Å². The number of pyridine rings is 1. The van der Waals surface area contributed by atoms with Crippen molar-refractivity contribution >= 4 is 21.5 Å². The molecule has 8 rings (SSSR count). The number of benzene rings is 6. The predicted molar refractivity (Wildman–Crippen MR) is 182 cm³/mol. The maximum absolute atomic E-state index is 5.13. The summed E-state index contributed by atoms with van der Waals surface area (Å²) in [5.41, 5.74) is 9.63. The molecule has 0 spiro atoms. The maximum atomic E-state index is 5.13. The van der Waals surface area contributed by atoms with Gasteiger partial charge in [-0.25, -0.2) is 9.97 Å². The van der Waals surface area contributed by atoms with E-state index in [2.05, 4.69) is 114 Å². The molecule has 3 nitrogen and oxygen atoms in total. The number of nitrogens with zero attached hydrogens (tertiary/aromatic N) is 3. The molecule has 0 unspecified atom stereocenters. The van der Waals surface area contributed by atoms with Crippen molar-refractivity contribution in [1.82, 2.24) is 15.0 Å². The largest absolute Gasteiger partial charge is 0.264 e. The first-order valence-electron chi connectivity index (χ1n) is 14.8. The molecule has 44 heavy (non-hydrogen) atoms. The van der Waals surface area contributed by atoms with E-state index in [1.807, 2.05) is 54.9 Å². The third-order valence-corrected chi connectivity index (χ3v) is 8.21. The van der Waals surface area contributed by atoms with E-state index in [0.717, 1.165) is 39.0 Å². The lowest BCUT2D eigenvalue weighted by Crippen LogP contribution is -1.96. The van der Waals surface area contributed by atoms with Gasteiger partial charge in [0.2, 0.25) is 0 Å². The molecule has 0 atom stereocenters. The van der Waals surface area contributed by atoms with Crippen LogP contribution in [0.25, 0.3) is 77.7 Å². The molecular weight excluding hydrogens is 534 g/mol. The fraction of sp³-hybridized carbons (Fsp3) is 0. The van der Waals surface area contributed by atoms with Crippen LogP contribution in [-0.2, 0) is 0 Å². The van der Waals surface area contributed by atoms with Gasteiger partial charge in [-0.3, -0.25) is 4.98 Å². The standard InChI is InChI=1S/C41H27N3/c1-3-12-28(13-4-1)39-26-40(44-41(43-39)29-14-5-2-6-15-29)38-24-23-37(34-19-9-10-20-35(34)38)36-22-21-31(30-16-11-25-42-27-30)32-17-7-8-18-33(32)36/h1-27H. The Morgan fingerprint density at radius 2 is 0.818 bits per heavy atom. The highest BCUT2D eigenvalue weighted by molar-refractivity contribution is 6.12. The van der Waals surface area contributed by atoms with Gasteiger partial charge in [-0.05, 0) is 50.4 Å². The number of hydrogen-bond acceptors (Lipinski definition) is 3. The molecule has 0 saturated heterocycles. The van der Waals surface area contributed by atoms with E-state index in [9.17, 15) is 0 Å². The minimum atomic E-state index is 0.715. The van der Waals surface area contributed by atoms with Crippen molar-refractivity contribution in [3.05, 3.63) is 164 Å². The van der Waals surface area contributed by atoms with Gasteiger partial charge >= 0.3 is 0 Å². The summed E-state index contributed by atoms with van der Waals surface area (Å²) in [5.74, 6) is 0.715. The normalized spacial score (nSPS) is 11.2. The lowest BCUT2D eigenvalue weighted by Gasteiger charge is -2.16. The van der Waals surface area contributed by atoms with Crippen LogP contribution in [-0.4, -0.2) is 15.0 Å². The molecule has 0 radical (unpaired) electrons. The fourth-order valence-electron chi connectivity index (χ4n) is 6.12. The highest BCUT2D eigenvalue weighted by Gasteiger charge is 2.16. The summed E-state index contributed by atoms with van der Waals surface area (Å²) in [6.45, 7) is 0. The predicted octanol–water partition coefficient (Wildman–Crippen LogP) is 10.5. The molecule has 0 aliphatic rings. The molecule has 6 aromatic carbocycles. The zero-order valence-corrected chi connectivity index (χ0v) is 23.9. The van der Waals surface area contributed by atoms with Crippen LogP contribution in [0.4, 0.5) is 0 Å². The van der Waals surface area contributed by atoms with Crippen molar-refractivity contribution in [2.24, 2.45) is 0 Å². The van der Waals surface area contributed by atoms with Gasteiger partial charge in [0.25, 0.3) is 0 Å². The number of fused-ring (bicyclic) bond motifs is 2. The molecule has 2 heterocycles. The average molecular weight is 562 g/mol. The van der Waals surface area contributed by atoms with E-state index in [0.29, 0.717) is 5.82 Å². The van der Waals surface area contributed by atoms with Crippen molar-refractivity contribution in [2.45, 2.75) is 0 Å². The Bertz CT molecular complexity index is 2200. The van der Waals surface area contributed by atoms with Gasteiger partial charge in [0, 0.05) is 34.6 Å². The highest BCUT2D eigenvalue weighted by Crippen LogP contribution is 2.41. The first kappa shape index (κ1) is 25.8. The van der Waals surface area contributed by atoms with E-state index in [4.69, 9.17) is 9.97 Å². The Hall–Kier alpha value is -5.93. The summed E-state index contributed by atoms with van der Waals surface area (Å²) in [4.78, 5) is 14.5. The number of hydrogen-bond donors (Lipinski definition) is 0. The van der Waals surface area contributed by atoms with E-state index >= 15 is 0 Å². The second-order valence-electron chi connectivity index (χ2n) is 10.8. The summed E-state index contributed by atoms with van der Waals surface area (Å²) in [5, 5.41) is 4.76. The summed E-state index contributed by atoms with van der Waals surface area (Å²) >= 11 is 0. The van der Waals surface area contributed by atoms with Crippen molar-refractivity contribution < 1.29 is 0 Å². The Kier molecular flexibility index (Phi) is 6.47. The quantitative estimate of drug-likeness (QED) is 0.210. The van der Waals surface area contributed by atoms with Gasteiger partial charge in [0.05, 0.1) is 11.4 Å². The van der Waals surface area contributed by atoms with E-state index in [1.54, 1.807) is 0 Å². The Labute approximate surface area is 256 Å². The zero-order chi connectivity index (χ0) is 29.3. The topological polar surface area (TPSA) is 38.7 Å². The van der Waals surface area contributed by atoms with Crippen LogP contribution in [0.3, 0.4) is 0 Å². The van der Waals surface area contributed by atoms with Crippen molar-refractivity contribution in [3.63, 3.8) is 0 Å². The fourth-order valence-corrected chi connectivity index (χ4v) is 6.12. The molecule has 0 saturated carbocycles. The van der Waals surface area contributed by atoms with Crippen LogP contribution in [0.5, 0.6) is 0 Å². The lowest BCUT2D eigenvalue weighted by molar-refractivity contribution is 1.18. The smallest absolute Gasteiger partial charge is 0.160 e. The SMILES string of the molecule is c1ccc(-c2cc(-c3ccc(-c4ccc(-c5cccnc5)c5ccccc45)c4ccccc34)nc(-c3ccccc3)n2)cc1. The third kappa shape index (κ3) is 4.61. The summed E-state index contributed by atoms with van der Waals surface area (Å²) in [6.07, 6.45) is 3.75. The second kappa shape index (κ2) is 11.0. The van der Waals surface area contributed by atoms with E-state index < -0.39 is 0 Å². The van der Waals surface area contributed by atoms with Crippen molar-refractivity contribution in [3.8, 4) is 56.2 Å². The summed E-state index contributed by atoms with van der Waals surface area (Å²) in [7, 11) is 0. The Morgan fingerprint density at radius 1 is 0.341 bits per heavy atom. The van der Waals surface area contributed by atoms with Crippen LogP contribution in [0.2, 0.25) is 0 Å². The molecule has 0 amide bonds. The molecule has 2 aromatic heterocycles. The van der Waals surface area contributed by atoms with Gasteiger partial charge < -0.3 is 0 Å². The molecule has 3 heteroatoms. The molecule has 0 bridgehead atoms. The van der Waals surface area contributed by atoms with Gasteiger partial charge in [-0.15, -0.1) is 0 Å². The molecule has 0 fully saturated rings. The van der Waals surface area contributed by atoms with Crippen LogP contribution in [0, 0.1) is 0 Å². The number of rotatable bonds is 5. The van der Waals surface area contributed by atoms with E-state index in [-0.39, 0.29) is 0 Å². The minimum absolute atomic E-state index is 0.715. The first-order valence-corrected chi connectivity index (χ1v) is 14.8. The van der Waals surface area contributed by atoms with Crippen LogP contribution in [0.15, 0.2) is 164 Å². The summed E-state index contributed by atoms with van der Waals surface area (Å²) < 4.78 is 0. The maximum Gasteiger partial charge on any atom is 0.160 e. The van der Waals surface area contributed by atoms with Crippen molar-refractivity contribution in [2.75, 3.05) is 0 Å². The number of aromatic nitrogens is 3. The van der Waals surface area contributed by atoms with Gasteiger partial charge in [-0.2, -0.15) is 0 Å². The lowest BCUT2D eigenvalue weighted by atomic mass is 9.89. The average Bonchev–Trinajstić information content (AvgIpc) is 3.12.